The molecule has 0 fully saturated rings. The van der Waals surface area contributed by atoms with Crippen molar-refractivity contribution in [1.82, 2.24) is 9.78 Å². The second-order valence-corrected chi connectivity index (χ2v) is 5.65. The lowest BCUT2D eigenvalue weighted by Crippen LogP contribution is -2.05. The number of aromatic nitrogens is 2. The number of benzene rings is 2. The van der Waals surface area contributed by atoms with Crippen molar-refractivity contribution in [2.45, 2.75) is 13.8 Å². The largest absolute Gasteiger partial charge is 0.494 e. The highest BCUT2D eigenvalue weighted by Crippen LogP contribution is 2.28. The van der Waals surface area contributed by atoms with Crippen molar-refractivity contribution >= 4 is 5.97 Å². The number of rotatable bonds is 5. The van der Waals surface area contributed by atoms with Gasteiger partial charge in [0.25, 0.3) is 0 Å². The number of carbonyl (C=O) groups excluding carboxylic acids is 1. The van der Waals surface area contributed by atoms with Crippen LogP contribution in [0.1, 0.15) is 23.0 Å². The number of methoxy groups -OCH3 is 1. The highest BCUT2D eigenvalue weighted by Gasteiger charge is 2.23. The van der Waals surface area contributed by atoms with E-state index in [0.29, 0.717) is 29.1 Å². The zero-order valence-electron chi connectivity index (χ0n) is 14.8. The topological polar surface area (TPSA) is 53.4 Å². The van der Waals surface area contributed by atoms with Crippen LogP contribution in [0.4, 0.5) is 4.39 Å². The van der Waals surface area contributed by atoms with Crippen molar-refractivity contribution in [3.63, 3.8) is 0 Å². The van der Waals surface area contributed by atoms with Crippen LogP contribution in [0, 0.1) is 12.7 Å². The van der Waals surface area contributed by atoms with Gasteiger partial charge in [0.15, 0.2) is 0 Å². The summed E-state index contributed by atoms with van der Waals surface area (Å²) >= 11 is 0. The molecule has 0 saturated carbocycles. The Morgan fingerprint density at radius 1 is 1.12 bits per heavy atom. The van der Waals surface area contributed by atoms with Gasteiger partial charge in [-0.25, -0.2) is 13.9 Å². The molecule has 0 spiro atoms. The molecule has 134 valence electrons. The van der Waals surface area contributed by atoms with Crippen molar-refractivity contribution in [2.75, 3.05) is 13.7 Å². The quantitative estimate of drug-likeness (QED) is 0.645. The number of hydrogen-bond donors (Lipinski definition) is 0. The van der Waals surface area contributed by atoms with E-state index in [4.69, 9.17) is 9.47 Å². The third kappa shape index (κ3) is 3.31. The minimum atomic E-state index is -0.487. The zero-order valence-corrected chi connectivity index (χ0v) is 14.8. The fraction of sp³-hybridized carbons (Fsp3) is 0.200. The van der Waals surface area contributed by atoms with Crippen LogP contribution in [0.2, 0.25) is 0 Å². The number of ether oxygens (including phenoxy) is 2. The smallest absolute Gasteiger partial charge is 0.342 e. The summed E-state index contributed by atoms with van der Waals surface area (Å²) in [4.78, 5) is 12.3. The van der Waals surface area contributed by atoms with Gasteiger partial charge in [-0.15, -0.1) is 0 Å². The Balaban J connectivity index is 2.12. The molecule has 0 atom stereocenters. The average Bonchev–Trinajstić information content (AvgIpc) is 3.00. The summed E-state index contributed by atoms with van der Waals surface area (Å²) < 4.78 is 25.3. The fourth-order valence-electron chi connectivity index (χ4n) is 2.76. The van der Waals surface area contributed by atoms with E-state index in [1.54, 1.807) is 23.7 Å². The second kappa shape index (κ2) is 7.39. The van der Waals surface area contributed by atoms with E-state index in [1.165, 1.54) is 19.2 Å². The molecule has 0 saturated heterocycles. The molecule has 0 N–H and O–H groups in total. The van der Waals surface area contributed by atoms with E-state index in [-0.39, 0.29) is 5.82 Å². The first-order valence-electron chi connectivity index (χ1n) is 8.22. The Morgan fingerprint density at radius 3 is 2.35 bits per heavy atom. The summed E-state index contributed by atoms with van der Waals surface area (Å²) in [5.74, 6) is -0.0805. The first-order valence-corrected chi connectivity index (χ1v) is 8.22. The van der Waals surface area contributed by atoms with E-state index in [2.05, 4.69) is 5.10 Å². The molecule has 6 heteroatoms. The highest BCUT2D eigenvalue weighted by atomic mass is 19.1. The van der Waals surface area contributed by atoms with E-state index < -0.39 is 5.97 Å². The average molecular weight is 354 g/mol. The van der Waals surface area contributed by atoms with Crippen LogP contribution in [0.15, 0.2) is 48.5 Å². The Kier molecular flexibility index (Phi) is 5.02. The second-order valence-electron chi connectivity index (χ2n) is 5.65. The van der Waals surface area contributed by atoms with Gasteiger partial charge in [-0.1, -0.05) is 0 Å². The molecule has 0 amide bonds. The van der Waals surface area contributed by atoms with Crippen LogP contribution in [0.3, 0.4) is 0 Å². The maximum Gasteiger partial charge on any atom is 0.342 e. The van der Waals surface area contributed by atoms with Crippen LogP contribution >= 0.6 is 0 Å². The Morgan fingerprint density at radius 2 is 1.77 bits per heavy atom. The summed E-state index contributed by atoms with van der Waals surface area (Å²) in [5.41, 5.74) is 2.86. The number of esters is 1. The monoisotopic (exact) mass is 354 g/mol. The van der Waals surface area contributed by atoms with Gasteiger partial charge in [-0.05, 0) is 62.4 Å². The molecule has 0 unspecified atom stereocenters. The summed E-state index contributed by atoms with van der Waals surface area (Å²) in [7, 11) is 1.32. The number of nitrogens with zero attached hydrogens (tertiary/aromatic N) is 2. The molecular weight excluding hydrogens is 335 g/mol. The van der Waals surface area contributed by atoms with Gasteiger partial charge in [-0.2, -0.15) is 5.10 Å². The van der Waals surface area contributed by atoms with Crippen LogP contribution in [-0.2, 0) is 4.74 Å². The van der Waals surface area contributed by atoms with Gasteiger partial charge < -0.3 is 9.47 Å². The molecule has 0 aliphatic carbocycles. The Labute approximate surface area is 151 Å². The van der Waals surface area contributed by atoms with Gasteiger partial charge in [0, 0.05) is 5.56 Å². The van der Waals surface area contributed by atoms with Crippen LogP contribution < -0.4 is 4.74 Å². The van der Waals surface area contributed by atoms with Gasteiger partial charge in [0.05, 0.1) is 25.1 Å². The van der Waals surface area contributed by atoms with E-state index >= 15 is 0 Å². The Bertz CT molecular complexity index is 915. The normalized spacial score (nSPS) is 10.6. The van der Waals surface area contributed by atoms with E-state index in [1.807, 2.05) is 31.2 Å². The number of halogens is 1. The SMILES string of the molecule is CCOc1ccc(-n2nc(-c3ccc(F)cc3)c(C(=O)OC)c2C)cc1. The molecule has 3 aromatic rings. The van der Waals surface area contributed by atoms with Gasteiger partial charge in [0.2, 0.25) is 0 Å². The summed E-state index contributed by atoms with van der Waals surface area (Å²) in [6.45, 7) is 4.30. The molecule has 0 aliphatic heterocycles. The molecule has 3 rings (SSSR count). The lowest BCUT2D eigenvalue weighted by Gasteiger charge is -2.07. The number of hydrogen-bond acceptors (Lipinski definition) is 4. The zero-order chi connectivity index (χ0) is 18.7. The molecule has 1 heterocycles. The standard InChI is InChI=1S/C20H19FN2O3/c1-4-26-17-11-9-16(10-12-17)23-13(2)18(20(24)25-3)19(22-23)14-5-7-15(21)8-6-14/h5-12H,4H2,1-3H3. The molecule has 2 aromatic carbocycles. The summed E-state index contributed by atoms with van der Waals surface area (Å²) in [6, 6.07) is 13.3. The van der Waals surface area contributed by atoms with Crippen molar-refractivity contribution < 1.29 is 18.7 Å². The van der Waals surface area contributed by atoms with Gasteiger partial charge >= 0.3 is 5.97 Å². The lowest BCUT2D eigenvalue weighted by atomic mass is 10.1. The van der Waals surface area contributed by atoms with Crippen LogP contribution in [-0.4, -0.2) is 29.5 Å². The maximum absolute atomic E-state index is 13.2. The molecular formula is C20H19FN2O3. The van der Waals surface area contributed by atoms with Crippen LogP contribution in [0.5, 0.6) is 5.75 Å². The Hall–Kier alpha value is -3.15. The minimum Gasteiger partial charge on any atom is -0.494 e. The van der Waals surface area contributed by atoms with E-state index in [0.717, 1.165) is 11.4 Å². The third-order valence-corrected chi connectivity index (χ3v) is 4.02. The van der Waals surface area contributed by atoms with Crippen molar-refractivity contribution in [3.8, 4) is 22.7 Å². The summed E-state index contributed by atoms with van der Waals surface area (Å²) in [5, 5.41) is 4.58. The first-order chi connectivity index (χ1) is 12.5. The van der Waals surface area contributed by atoms with Crippen molar-refractivity contribution in [2.24, 2.45) is 0 Å². The molecule has 26 heavy (non-hydrogen) atoms. The van der Waals surface area contributed by atoms with Gasteiger partial charge in [-0.3, -0.25) is 0 Å². The molecule has 0 aliphatic rings. The minimum absolute atomic E-state index is 0.351. The highest BCUT2D eigenvalue weighted by molar-refractivity contribution is 5.97. The van der Waals surface area contributed by atoms with Crippen molar-refractivity contribution in [1.29, 1.82) is 0 Å². The predicted octanol–water partition coefficient (Wildman–Crippen LogP) is 4.17. The van der Waals surface area contributed by atoms with Gasteiger partial charge in [0.1, 0.15) is 22.8 Å². The third-order valence-electron chi connectivity index (χ3n) is 4.02. The first kappa shape index (κ1) is 17.7. The predicted molar refractivity (Wildman–Crippen MR) is 96.2 cm³/mol. The number of carbonyl (C=O) groups is 1. The fourth-order valence-corrected chi connectivity index (χ4v) is 2.76. The summed E-state index contributed by atoms with van der Waals surface area (Å²) in [6.07, 6.45) is 0. The molecule has 5 nitrogen and oxygen atoms in total. The molecule has 0 radical (unpaired) electrons. The van der Waals surface area contributed by atoms with Crippen molar-refractivity contribution in [3.05, 3.63) is 65.6 Å². The van der Waals surface area contributed by atoms with E-state index in [9.17, 15) is 9.18 Å². The lowest BCUT2D eigenvalue weighted by molar-refractivity contribution is 0.0600. The molecule has 1 aromatic heterocycles. The maximum atomic E-state index is 13.2. The van der Waals surface area contributed by atoms with Crippen LogP contribution in [0.25, 0.3) is 16.9 Å². The molecule has 0 bridgehead atoms.